The number of rotatable bonds is 6. The average Bonchev–Trinajstić information content (AvgIpc) is 2.70. The summed E-state index contributed by atoms with van der Waals surface area (Å²) in [5, 5.41) is 19.7. The summed E-state index contributed by atoms with van der Waals surface area (Å²) in [6.07, 6.45) is 0. The Morgan fingerprint density at radius 3 is 2.24 bits per heavy atom. The molecule has 0 radical (unpaired) electrons. The van der Waals surface area contributed by atoms with Gasteiger partial charge in [0.2, 0.25) is 5.91 Å². The van der Waals surface area contributed by atoms with Crippen molar-refractivity contribution in [3.63, 3.8) is 0 Å². The summed E-state index contributed by atoms with van der Waals surface area (Å²) >= 11 is 0. The molecule has 2 aromatic carbocycles. The first kappa shape index (κ1) is 19.4. The van der Waals surface area contributed by atoms with Gasteiger partial charge in [0.25, 0.3) is 17.2 Å². The quantitative estimate of drug-likeness (QED) is 0.486. The molecule has 0 spiro atoms. The van der Waals surface area contributed by atoms with Crippen molar-refractivity contribution in [1.29, 1.82) is 0 Å². The van der Waals surface area contributed by atoms with E-state index in [0.717, 1.165) is 10.7 Å². The summed E-state index contributed by atoms with van der Waals surface area (Å²) in [7, 11) is 0. The Kier molecular flexibility index (Phi) is 5.74. The Bertz CT molecular complexity index is 1110. The van der Waals surface area contributed by atoms with E-state index in [1.54, 1.807) is 30.3 Å². The van der Waals surface area contributed by atoms with Gasteiger partial charge in [0, 0.05) is 29.6 Å². The minimum Gasteiger partial charge on any atom is -0.324 e. The molecule has 3 rings (SSSR count). The van der Waals surface area contributed by atoms with Crippen molar-refractivity contribution in [3.8, 4) is 0 Å². The number of amides is 2. The van der Waals surface area contributed by atoms with Gasteiger partial charge >= 0.3 is 0 Å². The van der Waals surface area contributed by atoms with E-state index in [1.165, 1.54) is 30.3 Å². The van der Waals surface area contributed by atoms with Crippen molar-refractivity contribution in [1.82, 2.24) is 9.78 Å². The minimum atomic E-state index is -0.575. The Morgan fingerprint density at radius 2 is 1.59 bits per heavy atom. The Labute approximate surface area is 163 Å². The van der Waals surface area contributed by atoms with E-state index in [1.807, 2.05) is 0 Å². The van der Waals surface area contributed by atoms with Gasteiger partial charge in [-0.1, -0.05) is 18.2 Å². The summed E-state index contributed by atoms with van der Waals surface area (Å²) in [6, 6.07) is 16.4. The molecule has 10 heteroatoms. The summed E-state index contributed by atoms with van der Waals surface area (Å²) < 4.78 is 0.862. The molecular formula is C19H15N5O5. The number of non-ortho nitro benzene ring substituents is 1. The minimum absolute atomic E-state index is 0.0309. The molecule has 0 saturated carbocycles. The molecular weight excluding hydrogens is 378 g/mol. The van der Waals surface area contributed by atoms with Crippen LogP contribution in [0.4, 0.5) is 17.1 Å². The van der Waals surface area contributed by atoms with Crippen molar-refractivity contribution < 1.29 is 14.5 Å². The predicted octanol–water partition coefficient (Wildman–Crippen LogP) is 2.04. The molecule has 3 aromatic rings. The van der Waals surface area contributed by atoms with Gasteiger partial charge in [-0.3, -0.25) is 24.5 Å². The van der Waals surface area contributed by atoms with E-state index in [0.29, 0.717) is 11.4 Å². The van der Waals surface area contributed by atoms with Crippen molar-refractivity contribution in [2.75, 3.05) is 10.6 Å². The molecule has 1 aromatic heterocycles. The van der Waals surface area contributed by atoms with E-state index >= 15 is 0 Å². The lowest BCUT2D eigenvalue weighted by atomic mass is 10.3. The standard InChI is InChI=1S/C19H15N5O5/c25-17(20-14-6-8-15(9-7-14)24(28)29)12-23-18(26)11-10-16(22-23)19(27)21-13-4-2-1-3-5-13/h1-11H,12H2,(H,20,25)(H,21,27). The molecule has 1 heterocycles. The number of carbonyl (C=O) groups excluding carboxylic acids is 2. The first-order valence-corrected chi connectivity index (χ1v) is 8.41. The maximum absolute atomic E-state index is 12.3. The number of aromatic nitrogens is 2. The van der Waals surface area contributed by atoms with Gasteiger partial charge in [-0.15, -0.1) is 0 Å². The maximum atomic E-state index is 12.3. The highest BCUT2D eigenvalue weighted by atomic mass is 16.6. The second kappa shape index (κ2) is 8.57. The van der Waals surface area contributed by atoms with Crippen LogP contribution in [0.2, 0.25) is 0 Å². The third-order valence-corrected chi connectivity index (χ3v) is 3.79. The monoisotopic (exact) mass is 393 g/mol. The third kappa shape index (κ3) is 5.10. The molecule has 0 fully saturated rings. The Balaban J connectivity index is 1.69. The first-order chi connectivity index (χ1) is 13.9. The zero-order valence-corrected chi connectivity index (χ0v) is 14.9. The van der Waals surface area contributed by atoms with Crippen molar-refractivity contribution in [3.05, 3.63) is 92.9 Å². The Morgan fingerprint density at radius 1 is 0.931 bits per heavy atom. The number of nitro benzene ring substituents is 1. The fourth-order valence-electron chi connectivity index (χ4n) is 2.40. The van der Waals surface area contributed by atoms with Crippen molar-refractivity contribution in [2.45, 2.75) is 6.54 Å². The van der Waals surface area contributed by atoms with E-state index in [2.05, 4.69) is 15.7 Å². The topological polar surface area (TPSA) is 136 Å². The molecule has 0 unspecified atom stereocenters. The summed E-state index contributed by atoms with van der Waals surface area (Å²) in [4.78, 5) is 46.6. The van der Waals surface area contributed by atoms with Crippen LogP contribution >= 0.6 is 0 Å². The van der Waals surface area contributed by atoms with Crippen LogP contribution < -0.4 is 16.2 Å². The van der Waals surface area contributed by atoms with E-state index < -0.39 is 28.8 Å². The summed E-state index contributed by atoms with van der Waals surface area (Å²) in [6.45, 7) is -0.428. The van der Waals surface area contributed by atoms with E-state index in [9.17, 15) is 24.5 Å². The highest BCUT2D eigenvalue weighted by Crippen LogP contribution is 2.15. The van der Waals surface area contributed by atoms with Gasteiger partial charge in [-0.2, -0.15) is 5.10 Å². The predicted molar refractivity (Wildman–Crippen MR) is 105 cm³/mol. The molecule has 0 aliphatic carbocycles. The lowest BCUT2D eigenvalue weighted by Gasteiger charge is -2.08. The lowest BCUT2D eigenvalue weighted by Crippen LogP contribution is -2.31. The fraction of sp³-hybridized carbons (Fsp3) is 0.0526. The molecule has 2 N–H and O–H groups in total. The number of benzene rings is 2. The van der Waals surface area contributed by atoms with Gasteiger partial charge in [0.15, 0.2) is 0 Å². The van der Waals surface area contributed by atoms with Crippen LogP contribution in [-0.2, 0) is 11.3 Å². The number of hydrogen-bond acceptors (Lipinski definition) is 6. The van der Waals surface area contributed by atoms with Crippen LogP contribution in [0.25, 0.3) is 0 Å². The number of hydrogen-bond donors (Lipinski definition) is 2. The number of para-hydroxylation sites is 1. The number of carbonyl (C=O) groups is 2. The number of nitrogens with one attached hydrogen (secondary N) is 2. The zero-order chi connectivity index (χ0) is 20.8. The fourth-order valence-corrected chi connectivity index (χ4v) is 2.40. The largest absolute Gasteiger partial charge is 0.324 e. The normalized spacial score (nSPS) is 10.2. The van der Waals surface area contributed by atoms with Crippen molar-refractivity contribution in [2.24, 2.45) is 0 Å². The maximum Gasteiger partial charge on any atom is 0.276 e. The molecule has 0 aliphatic rings. The van der Waals surface area contributed by atoms with Gasteiger partial charge in [0.1, 0.15) is 12.2 Å². The van der Waals surface area contributed by atoms with Crippen LogP contribution in [0.5, 0.6) is 0 Å². The number of anilines is 2. The molecule has 0 bridgehead atoms. The van der Waals surface area contributed by atoms with Gasteiger partial charge in [-0.05, 0) is 30.3 Å². The zero-order valence-electron chi connectivity index (χ0n) is 14.9. The molecule has 29 heavy (non-hydrogen) atoms. The third-order valence-electron chi connectivity index (χ3n) is 3.79. The average molecular weight is 393 g/mol. The van der Waals surface area contributed by atoms with Crippen LogP contribution in [0, 0.1) is 10.1 Å². The Hall–Kier alpha value is -4.34. The first-order valence-electron chi connectivity index (χ1n) is 8.41. The molecule has 0 atom stereocenters. The van der Waals surface area contributed by atoms with Crippen LogP contribution in [-0.4, -0.2) is 26.5 Å². The van der Waals surface area contributed by atoms with Crippen LogP contribution in [0.15, 0.2) is 71.5 Å². The van der Waals surface area contributed by atoms with Crippen LogP contribution in [0.3, 0.4) is 0 Å². The molecule has 0 saturated heterocycles. The smallest absolute Gasteiger partial charge is 0.276 e. The van der Waals surface area contributed by atoms with Crippen molar-refractivity contribution >= 4 is 28.9 Å². The number of nitro groups is 1. The molecule has 10 nitrogen and oxygen atoms in total. The second-order valence-electron chi connectivity index (χ2n) is 5.89. The van der Waals surface area contributed by atoms with Gasteiger partial charge < -0.3 is 10.6 Å². The highest BCUT2D eigenvalue weighted by Gasteiger charge is 2.13. The van der Waals surface area contributed by atoms with E-state index in [-0.39, 0.29) is 11.4 Å². The summed E-state index contributed by atoms with van der Waals surface area (Å²) in [5.74, 6) is -1.10. The molecule has 0 aliphatic heterocycles. The highest BCUT2D eigenvalue weighted by molar-refractivity contribution is 6.02. The van der Waals surface area contributed by atoms with Gasteiger partial charge in [-0.25, -0.2) is 4.68 Å². The summed E-state index contributed by atoms with van der Waals surface area (Å²) in [5.41, 5.74) is 0.189. The molecule has 2 amide bonds. The van der Waals surface area contributed by atoms with Gasteiger partial charge in [0.05, 0.1) is 4.92 Å². The SMILES string of the molecule is O=C(Cn1nc(C(=O)Nc2ccccc2)ccc1=O)Nc1ccc([N+](=O)[O-])cc1. The second-order valence-corrected chi connectivity index (χ2v) is 5.89. The number of nitrogens with zero attached hydrogens (tertiary/aromatic N) is 3. The lowest BCUT2D eigenvalue weighted by molar-refractivity contribution is -0.384. The van der Waals surface area contributed by atoms with E-state index in [4.69, 9.17) is 0 Å². The molecule has 146 valence electrons. The van der Waals surface area contributed by atoms with Crippen LogP contribution in [0.1, 0.15) is 10.5 Å².